The van der Waals surface area contributed by atoms with Gasteiger partial charge in [-0.05, 0) is 25.1 Å². The highest BCUT2D eigenvalue weighted by Gasteiger charge is 2.54. The van der Waals surface area contributed by atoms with Gasteiger partial charge in [0.2, 0.25) is 17.5 Å². The van der Waals surface area contributed by atoms with Crippen LogP contribution in [0.15, 0.2) is 39.5 Å². The van der Waals surface area contributed by atoms with Gasteiger partial charge in [0.1, 0.15) is 70.8 Å². The van der Waals surface area contributed by atoms with Gasteiger partial charge >= 0.3 is 0 Å². The molecule has 20 heteroatoms. The van der Waals surface area contributed by atoms with E-state index in [2.05, 4.69) is 0 Å². The van der Waals surface area contributed by atoms with E-state index < -0.39 is 127 Å². The van der Waals surface area contributed by atoms with E-state index in [4.69, 9.17) is 37.6 Å². The summed E-state index contributed by atoms with van der Waals surface area (Å²) in [5.74, 6) is -2.62. The first-order valence-electron chi connectivity index (χ1n) is 16.3. The van der Waals surface area contributed by atoms with Gasteiger partial charge in [0.15, 0.2) is 35.9 Å². The first-order valence-corrected chi connectivity index (χ1v) is 16.3. The summed E-state index contributed by atoms with van der Waals surface area (Å²) in [5, 5.41) is 115. The summed E-state index contributed by atoms with van der Waals surface area (Å²) in [7, 11) is 1.26. The van der Waals surface area contributed by atoms with Crippen LogP contribution in [0.5, 0.6) is 28.7 Å². The minimum absolute atomic E-state index is 0.0473. The molecule has 1 aromatic heterocycles. The smallest absolute Gasteiger partial charge is 0.239 e. The summed E-state index contributed by atoms with van der Waals surface area (Å²) in [6.45, 7) is -0.830. The molecule has 0 unspecified atom stereocenters. The zero-order valence-electron chi connectivity index (χ0n) is 28.0. The third kappa shape index (κ3) is 7.22. The minimum atomic E-state index is -2.18. The molecule has 3 aliphatic rings. The Labute approximate surface area is 298 Å². The minimum Gasteiger partial charge on any atom is -0.508 e. The van der Waals surface area contributed by atoms with Crippen molar-refractivity contribution in [3.63, 3.8) is 0 Å². The number of phenols is 3. The van der Waals surface area contributed by atoms with Gasteiger partial charge in [-0.25, -0.2) is 0 Å². The quantitative estimate of drug-likeness (QED) is 0.0987. The highest BCUT2D eigenvalue weighted by Crippen LogP contribution is 2.40. The number of hydrogen-bond acceptors (Lipinski definition) is 20. The van der Waals surface area contributed by atoms with Crippen LogP contribution in [0.4, 0.5) is 0 Å². The van der Waals surface area contributed by atoms with E-state index in [1.165, 1.54) is 32.2 Å². The molecule has 13 atom stereocenters. The van der Waals surface area contributed by atoms with Crippen molar-refractivity contribution in [3.8, 4) is 40.1 Å². The fourth-order valence-corrected chi connectivity index (χ4v) is 6.19. The Bertz CT molecular complexity index is 1830. The van der Waals surface area contributed by atoms with Crippen molar-refractivity contribution in [1.29, 1.82) is 0 Å². The lowest BCUT2D eigenvalue weighted by molar-refractivity contribution is -0.335. The van der Waals surface area contributed by atoms with Crippen LogP contribution >= 0.6 is 0 Å². The molecule has 0 aliphatic carbocycles. The van der Waals surface area contributed by atoms with Crippen LogP contribution in [0.2, 0.25) is 0 Å². The normalized spacial score (nSPS) is 36.1. The van der Waals surface area contributed by atoms with Gasteiger partial charge in [-0.3, -0.25) is 4.79 Å². The van der Waals surface area contributed by atoms with Gasteiger partial charge in [-0.15, -0.1) is 0 Å². The van der Waals surface area contributed by atoms with Crippen molar-refractivity contribution < 1.29 is 93.7 Å². The number of aliphatic hydroxyl groups is 8. The van der Waals surface area contributed by atoms with E-state index in [1.807, 2.05) is 0 Å². The van der Waals surface area contributed by atoms with E-state index in [0.29, 0.717) is 0 Å². The maximum Gasteiger partial charge on any atom is 0.239 e. The fraction of sp³-hybridized carbons (Fsp3) is 0.545. The Kier molecular flexibility index (Phi) is 11.1. The first-order chi connectivity index (χ1) is 25.1. The second kappa shape index (κ2) is 15.1. The lowest BCUT2D eigenvalue weighted by Gasteiger charge is -2.44. The van der Waals surface area contributed by atoms with Gasteiger partial charge < -0.3 is 93.7 Å². The van der Waals surface area contributed by atoms with Crippen molar-refractivity contribution in [2.24, 2.45) is 0 Å². The zero-order valence-corrected chi connectivity index (χ0v) is 28.0. The van der Waals surface area contributed by atoms with Gasteiger partial charge in [0.25, 0.3) is 0 Å². The van der Waals surface area contributed by atoms with Crippen LogP contribution in [0.1, 0.15) is 6.92 Å². The molecule has 292 valence electrons. The fourth-order valence-electron chi connectivity index (χ4n) is 6.19. The molecular formula is C33H40O20. The molecule has 0 spiro atoms. The summed E-state index contributed by atoms with van der Waals surface area (Å²) < 4.78 is 45.2. The number of benzene rings is 2. The van der Waals surface area contributed by atoms with E-state index in [-0.39, 0.29) is 28.4 Å². The van der Waals surface area contributed by atoms with Gasteiger partial charge in [-0.1, -0.05) is 0 Å². The van der Waals surface area contributed by atoms with Crippen molar-refractivity contribution >= 4 is 11.0 Å². The van der Waals surface area contributed by atoms with Crippen molar-refractivity contribution in [1.82, 2.24) is 0 Å². The molecule has 4 heterocycles. The molecule has 11 N–H and O–H groups in total. The average Bonchev–Trinajstić information content (AvgIpc) is 3.41. The number of aliphatic hydroxyl groups excluding tert-OH is 7. The molecule has 0 radical (unpaired) electrons. The predicted octanol–water partition coefficient (Wildman–Crippen LogP) is -2.92. The summed E-state index contributed by atoms with van der Waals surface area (Å²) in [4.78, 5) is 14.1. The average molecular weight is 757 g/mol. The van der Waals surface area contributed by atoms with Gasteiger partial charge in [0.05, 0.1) is 33.0 Å². The number of hydrogen-bond donors (Lipinski definition) is 11. The molecule has 53 heavy (non-hydrogen) atoms. The highest BCUT2D eigenvalue weighted by atomic mass is 16.8. The van der Waals surface area contributed by atoms with Gasteiger partial charge in [-0.2, -0.15) is 0 Å². The SMILES string of the molecule is COc1cc(-c2oc3cc(O)cc(O)c3c(=O)c2O[C@@H]2O[C@H](CO[C@@H]3O[C@@H](C)[C@H](O)[C@@H](O)[C@H]3O)[C@H](O)[C@H](O)[C@H]2O[C@@H]2OC[C@](O)(CO)[C@H]2O)ccc1O. The molecule has 20 nitrogen and oxygen atoms in total. The van der Waals surface area contributed by atoms with Crippen LogP contribution in [0, 0.1) is 0 Å². The standard InChI is InChI=1S/C33H40O20/c1-11-20(38)23(41)25(43)30(49-11)47-8-18-21(39)24(42)28(53-32-29(44)33(45,9-34)10-48-32)31(51-18)52-27-22(40)19-15(37)6-13(35)7-17(19)50-26(27)12-3-4-14(36)16(5-12)46-2/h3-7,11,18,20-21,23-25,28-32,34-39,41-45H,8-10H2,1-2H3/t11-,18+,20-,21-,23+,24-,25+,28+,29-,30+,31-,32-,33+/m0/s1. The van der Waals surface area contributed by atoms with Crippen molar-refractivity contribution in [2.45, 2.75) is 86.3 Å². The van der Waals surface area contributed by atoms with Crippen LogP contribution in [0.25, 0.3) is 22.3 Å². The molecule has 3 aromatic rings. The zero-order chi connectivity index (χ0) is 38.5. The topological polar surface area (TPSA) is 317 Å². The van der Waals surface area contributed by atoms with E-state index in [0.717, 1.165) is 12.1 Å². The van der Waals surface area contributed by atoms with Crippen LogP contribution in [-0.4, -0.2) is 163 Å². The Morgan fingerprint density at radius 2 is 1.60 bits per heavy atom. The van der Waals surface area contributed by atoms with Crippen LogP contribution in [0.3, 0.4) is 0 Å². The molecule has 0 saturated carbocycles. The van der Waals surface area contributed by atoms with Crippen LogP contribution < -0.4 is 14.9 Å². The maximum absolute atomic E-state index is 14.1. The summed E-state index contributed by atoms with van der Waals surface area (Å²) in [6, 6.07) is 5.68. The molecule has 6 rings (SSSR count). The molecule has 3 aliphatic heterocycles. The second-order valence-electron chi connectivity index (χ2n) is 13.0. The predicted molar refractivity (Wildman–Crippen MR) is 172 cm³/mol. The second-order valence-corrected chi connectivity index (χ2v) is 13.0. The number of phenolic OH excluding ortho intramolecular Hbond substituents is 3. The third-order valence-electron chi connectivity index (χ3n) is 9.34. The highest BCUT2D eigenvalue weighted by molar-refractivity contribution is 5.88. The van der Waals surface area contributed by atoms with Crippen molar-refractivity contribution in [3.05, 3.63) is 40.6 Å². The van der Waals surface area contributed by atoms with Crippen LogP contribution in [-0.2, 0) is 23.7 Å². The maximum atomic E-state index is 14.1. The van der Waals surface area contributed by atoms with Gasteiger partial charge in [0, 0.05) is 17.7 Å². The van der Waals surface area contributed by atoms with E-state index >= 15 is 0 Å². The van der Waals surface area contributed by atoms with Crippen molar-refractivity contribution in [2.75, 3.05) is 26.9 Å². The third-order valence-corrected chi connectivity index (χ3v) is 9.34. The molecule has 0 amide bonds. The Hall–Kier alpha value is -3.87. The number of ether oxygens (including phenoxy) is 7. The number of aromatic hydroxyl groups is 3. The molecule has 3 saturated heterocycles. The number of rotatable bonds is 10. The Morgan fingerprint density at radius 3 is 2.28 bits per heavy atom. The number of fused-ring (bicyclic) bond motifs is 1. The molecule has 2 aromatic carbocycles. The van der Waals surface area contributed by atoms with E-state index in [1.54, 1.807) is 0 Å². The lowest BCUT2D eigenvalue weighted by atomic mass is 9.97. The lowest BCUT2D eigenvalue weighted by Crippen LogP contribution is -2.63. The first kappa shape index (κ1) is 38.8. The summed E-state index contributed by atoms with van der Waals surface area (Å²) in [5.41, 5.74) is -3.49. The number of methoxy groups -OCH3 is 1. The molecule has 3 fully saturated rings. The largest absolute Gasteiger partial charge is 0.508 e. The molecule has 0 bridgehead atoms. The summed E-state index contributed by atoms with van der Waals surface area (Å²) in [6.07, 6.45) is -20.4. The summed E-state index contributed by atoms with van der Waals surface area (Å²) >= 11 is 0. The molecular weight excluding hydrogens is 716 g/mol. The Balaban J connectivity index is 1.40. The monoisotopic (exact) mass is 756 g/mol. The van der Waals surface area contributed by atoms with E-state index in [9.17, 15) is 61.0 Å². The Morgan fingerprint density at radius 1 is 0.868 bits per heavy atom.